The molecule has 7 heteroatoms. The quantitative estimate of drug-likeness (QED) is 0.743. The van der Waals surface area contributed by atoms with Gasteiger partial charge in [-0.2, -0.15) is 13.2 Å². The molecule has 0 aliphatic rings. The number of aliphatic hydroxyl groups excluding tert-OH is 1. The Morgan fingerprint density at radius 2 is 1.67 bits per heavy atom. The van der Waals surface area contributed by atoms with E-state index >= 15 is 0 Å². The van der Waals surface area contributed by atoms with Crippen molar-refractivity contribution in [2.45, 2.75) is 12.3 Å². The highest BCUT2D eigenvalue weighted by molar-refractivity contribution is 6.42. The molecule has 0 amide bonds. The molecule has 2 aromatic carbocycles. The van der Waals surface area contributed by atoms with E-state index in [9.17, 15) is 22.7 Å². The average molecular weight is 339 g/mol. The number of halogens is 6. The molecule has 2 aromatic rings. The van der Waals surface area contributed by atoms with Crippen molar-refractivity contribution in [3.63, 3.8) is 0 Å². The number of benzene rings is 2. The normalized spacial score (nSPS) is 13.3. The van der Waals surface area contributed by atoms with Gasteiger partial charge in [-0.15, -0.1) is 0 Å². The Labute approximate surface area is 127 Å². The van der Waals surface area contributed by atoms with E-state index in [0.29, 0.717) is 6.07 Å². The van der Waals surface area contributed by atoms with Crippen LogP contribution in [-0.4, -0.2) is 5.11 Å². The molecule has 0 heterocycles. The summed E-state index contributed by atoms with van der Waals surface area (Å²) in [5, 5.41) is 10.4. The second-order valence-corrected chi connectivity index (χ2v) is 5.10. The van der Waals surface area contributed by atoms with Gasteiger partial charge in [-0.25, -0.2) is 4.39 Å². The van der Waals surface area contributed by atoms with Crippen molar-refractivity contribution in [1.82, 2.24) is 0 Å². The highest BCUT2D eigenvalue weighted by Gasteiger charge is 2.35. The average Bonchev–Trinajstić information content (AvgIpc) is 2.40. The minimum atomic E-state index is -4.84. The Balaban J connectivity index is 2.48. The van der Waals surface area contributed by atoms with Gasteiger partial charge < -0.3 is 5.11 Å². The zero-order valence-corrected chi connectivity index (χ0v) is 11.8. The van der Waals surface area contributed by atoms with Crippen LogP contribution in [0.2, 0.25) is 10.0 Å². The van der Waals surface area contributed by atoms with Gasteiger partial charge in [0.05, 0.1) is 15.6 Å². The van der Waals surface area contributed by atoms with Gasteiger partial charge in [0.15, 0.2) is 0 Å². The summed E-state index contributed by atoms with van der Waals surface area (Å²) in [6.07, 6.45) is -6.42. The monoisotopic (exact) mass is 338 g/mol. The lowest BCUT2D eigenvalue weighted by Gasteiger charge is -2.16. The van der Waals surface area contributed by atoms with Crippen molar-refractivity contribution in [1.29, 1.82) is 0 Å². The molecule has 0 saturated carbocycles. The van der Waals surface area contributed by atoms with Crippen molar-refractivity contribution in [2.75, 3.05) is 0 Å². The van der Waals surface area contributed by atoms with Gasteiger partial charge in [-0.3, -0.25) is 0 Å². The van der Waals surface area contributed by atoms with Crippen LogP contribution >= 0.6 is 23.2 Å². The number of aliphatic hydroxyl groups is 1. The lowest BCUT2D eigenvalue weighted by Crippen LogP contribution is -2.12. The fourth-order valence-corrected chi connectivity index (χ4v) is 2.15. The molecule has 112 valence electrons. The van der Waals surface area contributed by atoms with Crippen LogP contribution in [0.25, 0.3) is 0 Å². The first-order valence-electron chi connectivity index (χ1n) is 5.70. The summed E-state index contributed by atoms with van der Waals surface area (Å²) < 4.78 is 51.9. The molecule has 0 saturated heterocycles. The Morgan fingerprint density at radius 1 is 1.00 bits per heavy atom. The summed E-state index contributed by atoms with van der Waals surface area (Å²) in [7, 11) is 0. The molecule has 0 fully saturated rings. The molecule has 0 aromatic heterocycles. The topological polar surface area (TPSA) is 20.2 Å². The Morgan fingerprint density at radius 3 is 2.24 bits per heavy atom. The van der Waals surface area contributed by atoms with E-state index in [1.54, 1.807) is 0 Å². The van der Waals surface area contributed by atoms with Crippen LogP contribution in [0.4, 0.5) is 17.6 Å². The second-order valence-electron chi connectivity index (χ2n) is 4.28. The maximum atomic E-state index is 13.9. The molecule has 2 rings (SSSR count). The van der Waals surface area contributed by atoms with E-state index in [4.69, 9.17) is 23.2 Å². The lowest BCUT2D eigenvalue weighted by molar-refractivity contribution is -0.140. The van der Waals surface area contributed by atoms with Crippen LogP contribution in [0.15, 0.2) is 36.4 Å². The van der Waals surface area contributed by atoms with Crippen molar-refractivity contribution >= 4 is 23.2 Å². The third-order valence-electron chi connectivity index (χ3n) is 2.89. The van der Waals surface area contributed by atoms with Crippen LogP contribution in [0, 0.1) is 5.82 Å². The zero-order chi connectivity index (χ0) is 15.8. The summed E-state index contributed by atoms with van der Waals surface area (Å²) in [5.41, 5.74) is -1.77. The summed E-state index contributed by atoms with van der Waals surface area (Å²) in [6.45, 7) is 0. The van der Waals surface area contributed by atoms with Gasteiger partial charge in [-0.05, 0) is 23.8 Å². The van der Waals surface area contributed by atoms with Crippen LogP contribution in [0.5, 0.6) is 0 Å². The Hall–Kier alpha value is -1.30. The molecule has 1 unspecified atom stereocenters. The van der Waals surface area contributed by atoms with E-state index in [1.165, 1.54) is 18.2 Å². The van der Waals surface area contributed by atoms with Gasteiger partial charge in [-0.1, -0.05) is 41.4 Å². The van der Waals surface area contributed by atoms with Crippen LogP contribution in [-0.2, 0) is 6.18 Å². The van der Waals surface area contributed by atoms with Crippen LogP contribution < -0.4 is 0 Å². The fraction of sp³-hybridized carbons (Fsp3) is 0.143. The molecule has 1 nitrogen and oxygen atoms in total. The highest BCUT2D eigenvalue weighted by atomic mass is 35.5. The number of hydrogen-bond donors (Lipinski definition) is 1. The minimum Gasteiger partial charge on any atom is -0.384 e. The molecule has 21 heavy (non-hydrogen) atoms. The zero-order valence-electron chi connectivity index (χ0n) is 10.3. The standard InChI is InChI=1S/C14H8Cl2F4O/c15-10-5-4-7(6-11(10)16)13(21)8-2-1-3-9(12(8)17)14(18,19)20/h1-6,13,21H. The number of rotatable bonds is 2. The van der Waals surface area contributed by atoms with Crippen molar-refractivity contribution in [3.8, 4) is 0 Å². The van der Waals surface area contributed by atoms with Crippen LogP contribution in [0.3, 0.4) is 0 Å². The number of hydrogen-bond acceptors (Lipinski definition) is 1. The molecule has 1 atom stereocenters. The van der Waals surface area contributed by atoms with E-state index in [-0.39, 0.29) is 15.6 Å². The van der Waals surface area contributed by atoms with Crippen molar-refractivity contribution in [3.05, 3.63) is 69.0 Å². The van der Waals surface area contributed by atoms with Gasteiger partial charge in [0.2, 0.25) is 0 Å². The van der Waals surface area contributed by atoms with E-state index in [0.717, 1.165) is 12.1 Å². The first-order valence-corrected chi connectivity index (χ1v) is 6.46. The van der Waals surface area contributed by atoms with Gasteiger partial charge in [0.25, 0.3) is 0 Å². The molecule has 0 radical (unpaired) electrons. The highest BCUT2D eigenvalue weighted by Crippen LogP contribution is 2.36. The van der Waals surface area contributed by atoms with E-state index in [1.807, 2.05) is 0 Å². The summed E-state index contributed by atoms with van der Waals surface area (Å²) in [4.78, 5) is 0. The first kappa shape index (κ1) is 16.1. The molecule has 0 spiro atoms. The smallest absolute Gasteiger partial charge is 0.384 e. The predicted molar refractivity (Wildman–Crippen MR) is 71.9 cm³/mol. The molecular weight excluding hydrogens is 331 g/mol. The minimum absolute atomic E-state index is 0.112. The largest absolute Gasteiger partial charge is 0.419 e. The summed E-state index contributed by atoms with van der Waals surface area (Å²) >= 11 is 11.5. The van der Waals surface area contributed by atoms with Crippen molar-refractivity contribution in [2.24, 2.45) is 0 Å². The van der Waals surface area contributed by atoms with E-state index < -0.39 is 29.2 Å². The molecule has 0 bridgehead atoms. The third kappa shape index (κ3) is 3.31. The van der Waals surface area contributed by atoms with Crippen LogP contribution in [0.1, 0.15) is 22.8 Å². The maximum Gasteiger partial charge on any atom is 0.419 e. The summed E-state index contributed by atoms with van der Waals surface area (Å²) in [5.74, 6) is -1.51. The predicted octanol–water partition coefficient (Wildman–Crippen LogP) is 5.23. The van der Waals surface area contributed by atoms with E-state index in [2.05, 4.69) is 0 Å². The summed E-state index contributed by atoms with van der Waals surface area (Å²) in [6, 6.07) is 6.72. The first-order chi connectivity index (χ1) is 9.71. The number of alkyl halides is 3. The second kappa shape index (κ2) is 5.83. The third-order valence-corrected chi connectivity index (χ3v) is 3.63. The van der Waals surface area contributed by atoms with Crippen molar-refractivity contribution < 1.29 is 22.7 Å². The molecule has 0 aliphatic heterocycles. The van der Waals surface area contributed by atoms with Gasteiger partial charge in [0.1, 0.15) is 11.9 Å². The fourth-order valence-electron chi connectivity index (χ4n) is 1.84. The lowest BCUT2D eigenvalue weighted by atomic mass is 9.98. The Bertz CT molecular complexity index is 671. The molecule has 0 aliphatic carbocycles. The Kier molecular flexibility index (Phi) is 4.46. The maximum absolute atomic E-state index is 13.9. The molecule has 1 N–H and O–H groups in total. The molecular formula is C14H8Cl2F4O. The SMILES string of the molecule is OC(c1ccc(Cl)c(Cl)c1)c1cccc(C(F)(F)F)c1F. The van der Waals surface area contributed by atoms with Gasteiger partial charge >= 0.3 is 6.18 Å². The van der Waals surface area contributed by atoms with Gasteiger partial charge in [0, 0.05) is 5.56 Å².